The Labute approximate surface area is 191 Å². The number of halogens is 3. The maximum atomic E-state index is 13.2. The number of carbonyl (C=O) groups excluding carboxylic acids is 1. The third-order valence-corrected chi connectivity index (χ3v) is 5.81. The molecule has 0 aliphatic carbocycles. The Morgan fingerprint density at radius 2 is 1.67 bits per heavy atom. The van der Waals surface area contributed by atoms with Crippen LogP contribution in [0.5, 0.6) is 0 Å². The number of hydrogen-bond donors (Lipinski definition) is 1. The van der Waals surface area contributed by atoms with Crippen molar-refractivity contribution in [2.75, 3.05) is 11.1 Å². The van der Waals surface area contributed by atoms with Gasteiger partial charge in [-0.05, 0) is 43.3 Å². The average Bonchev–Trinajstić information content (AvgIpc) is 2.78. The summed E-state index contributed by atoms with van der Waals surface area (Å²) in [6.07, 6.45) is -4.59. The molecule has 1 aromatic heterocycles. The van der Waals surface area contributed by atoms with Crippen molar-refractivity contribution < 1.29 is 18.0 Å². The molecule has 0 spiro atoms. The van der Waals surface area contributed by atoms with Crippen LogP contribution >= 0.6 is 11.8 Å². The number of amides is 1. The van der Waals surface area contributed by atoms with Gasteiger partial charge < -0.3 is 5.32 Å². The van der Waals surface area contributed by atoms with Crippen molar-refractivity contribution in [2.24, 2.45) is 0 Å². The maximum absolute atomic E-state index is 13.2. The van der Waals surface area contributed by atoms with Crippen LogP contribution in [0.25, 0.3) is 16.6 Å². The summed E-state index contributed by atoms with van der Waals surface area (Å²) in [6, 6.07) is 18.9. The van der Waals surface area contributed by atoms with Gasteiger partial charge in [-0.1, -0.05) is 53.7 Å². The van der Waals surface area contributed by atoms with Crippen molar-refractivity contribution in [1.29, 1.82) is 0 Å². The van der Waals surface area contributed by atoms with Gasteiger partial charge in [-0.2, -0.15) is 13.2 Å². The normalized spacial score (nSPS) is 11.5. The van der Waals surface area contributed by atoms with E-state index in [0.717, 1.165) is 23.4 Å². The first kappa shape index (κ1) is 22.6. The molecular weight excluding hydrogens is 451 g/mol. The number of para-hydroxylation sites is 2. The van der Waals surface area contributed by atoms with Gasteiger partial charge in [0.25, 0.3) is 5.56 Å². The smallest absolute Gasteiger partial charge is 0.325 e. The van der Waals surface area contributed by atoms with Crippen molar-refractivity contribution >= 4 is 34.3 Å². The first-order valence-electron chi connectivity index (χ1n) is 9.92. The molecule has 0 saturated heterocycles. The summed E-state index contributed by atoms with van der Waals surface area (Å²) >= 11 is 0.974. The molecule has 168 valence electrons. The first-order chi connectivity index (χ1) is 15.7. The van der Waals surface area contributed by atoms with Crippen LogP contribution < -0.4 is 10.9 Å². The van der Waals surface area contributed by atoms with Crippen molar-refractivity contribution in [3.8, 4) is 5.69 Å². The summed E-state index contributed by atoms with van der Waals surface area (Å²) in [5, 5.41) is 3.00. The number of alkyl halides is 3. The summed E-state index contributed by atoms with van der Waals surface area (Å²) in [5.74, 6) is -0.877. The molecule has 4 aromatic rings. The lowest BCUT2D eigenvalue weighted by molar-refractivity contribution is -0.137. The van der Waals surface area contributed by atoms with Crippen LogP contribution in [0.2, 0.25) is 0 Å². The predicted octanol–water partition coefficient (Wildman–Crippen LogP) is 5.44. The van der Waals surface area contributed by atoms with Gasteiger partial charge in [0.05, 0.1) is 33.6 Å². The molecule has 4 rings (SSSR count). The number of rotatable bonds is 5. The molecule has 3 aromatic carbocycles. The lowest BCUT2D eigenvalue weighted by Crippen LogP contribution is -2.23. The zero-order valence-electron chi connectivity index (χ0n) is 17.4. The second-order valence-corrected chi connectivity index (χ2v) is 8.21. The molecule has 1 amide bonds. The molecule has 0 atom stereocenters. The molecule has 0 aliphatic heterocycles. The van der Waals surface area contributed by atoms with Gasteiger partial charge in [0, 0.05) is 0 Å². The standard InChI is InChI=1S/C24H18F3N3O2S/c1-15-10-12-16(13-11-15)30-22(32)17-6-2-4-8-19(17)29-23(30)33-14-21(31)28-20-9-5-3-7-18(20)24(25,26)27/h2-13H,14H2,1H3,(H,28,31). The Morgan fingerprint density at radius 1 is 1.00 bits per heavy atom. The number of aryl methyl sites for hydroxylation is 1. The Morgan fingerprint density at radius 3 is 2.39 bits per heavy atom. The molecule has 0 saturated carbocycles. The summed E-state index contributed by atoms with van der Waals surface area (Å²) in [4.78, 5) is 30.2. The largest absolute Gasteiger partial charge is 0.418 e. The molecule has 0 radical (unpaired) electrons. The summed E-state index contributed by atoms with van der Waals surface area (Å²) < 4.78 is 41.0. The third-order valence-electron chi connectivity index (χ3n) is 4.88. The van der Waals surface area contributed by atoms with Crippen LogP contribution in [0.3, 0.4) is 0 Å². The van der Waals surface area contributed by atoms with E-state index in [1.807, 2.05) is 19.1 Å². The fourth-order valence-corrected chi connectivity index (χ4v) is 4.10. The van der Waals surface area contributed by atoms with Crippen molar-refractivity contribution in [1.82, 2.24) is 9.55 Å². The second-order valence-electron chi connectivity index (χ2n) is 7.27. The second kappa shape index (κ2) is 9.11. The van der Waals surface area contributed by atoms with E-state index >= 15 is 0 Å². The van der Waals surface area contributed by atoms with Gasteiger partial charge in [-0.25, -0.2) is 4.98 Å². The first-order valence-corrected chi connectivity index (χ1v) is 10.9. The predicted molar refractivity (Wildman–Crippen MR) is 123 cm³/mol. The van der Waals surface area contributed by atoms with E-state index < -0.39 is 17.6 Å². The van der Waals surface area contributed by atoms with E-state index in [1.54, 1.807) is 36.4 Å². The number of nitrogens with zero attached hydrogens (tertiary/aromatic N) is 2. The van der Waals surface area contributed by atoms with Crippen LogP contribution in [0.15, 0.2) is 82.7 Å². The number of hydrogen-bond acceptors (Lipinski definition) is 4. The average molecular weight is 469 g/mol. The molecule has 0 aliphatic rings. The number of thioether (sulfide) groups is 1. The van der Waals surface area contributed by atoms with Gasteiger partial charge >= 0.3 is 6.18 Å². The highest BCUT2D eigenvalue weighted by molar-refractivity contribution is 7.99. The van der Waals surface area contributed by atoms with E-state index in [0.29, 0.717) is 16.6 Å². The number of benzene rings is 3. The lowest BCUT2D eigenvalue weighted by atomic mass is 10.1. The van der Waals surface area contributed by atoms with Crippen LogP contribution in [-0.4, -0.2) is 21.2 Å². The molecule has 33 heavy (non-hydrogen) atoms. The quantitative estimate of drug-likeness (QED) is 0.312. The Hall–Kier alpha value is -3.59. The monoisotopic (exact) mass is 469 g/mol. The molecule has 9 heteroatoms. The van der Waals surface area contributed by atoms with Gasteiger partial charge in [0.1, 0.15) is 0 Å². The topological polar surface area (TPSA) is 64.0 Å². The molecule has 0 unspecified atom stereocenters. The van der Waals surface area contributed by atoms with Crippen LogP contribution in [-0.2, 0) is 11.0 Å². The number of carbonyl (C=O) groups is 1. The highest BCUT2D eigenvalue weighted by Gasteiger charge is 2.33. The number of anilines is 1. The zero-order valence-corrected chi connectivity index (χ0v) is 18.2. The molecule has 1 N–H and O–H groups in total. The lowest BCUT2D eigenvalue weighted by Gasteiger charge is -2.15. The van der Waals surface area contributed by atoms with E-state index in [9.17, 15) is 22.8 Å². The van der Waals surface area contributed by atoms with Crippen LogP contribution in [0.4, 0.5) is 18.9 Å². The fraction of sp³-hybridized carbons (Fsp3) is 0.125. The minimum atomic E-state index is -4.59. The fourth-order valence-electron chi connectivity index (χ4n) is 3.29. The Balaban J connectivity index is 1.65. The summed E-state index contributed by atoms with van der Waals surface area (Å²) in [6.45, 7) is 1.92. The maximum Gasteiger partial charge on any atom is 0.418 e. The Bertz CT molecular complexity index is 1380. The van der Waals surface area contributed by atoms with Crippen molar-refractivity contribution in [3.63, 3.8) is 0 Å². The molecule has 0 bridgehead atoms. The van der Waals surface area contributed by atoms with Gasteiger partial charge in [-0.3, -0.25) is 14.2 Å². The minimum absolute atomic E-state index is 0.233. The SMILES string of the molecule is Cc1ccc(-n2c(SCC(=O)Nc3ccccc3C(F)(F)F)nc3ccccc3c2=O)cc1. The minimum Gasteiger partial charge on any atom is -0.325 e. The number of fused-ring (bicyclic) bond motifs is 1. The van der Waals surface area contributed by atoms with E-state index in [4.69, 9.17) is 0 Å². The third kappa shape index (κ3) is 4.93. The van der Waals surface area contributed by atoms with Crippen LogP contribution in [0.1, 0.15) is 11.1 Å². The van der Waals surface area contributed by atoms with E-state index in [1.165, 1.54) is 22.8 Å². The summed E-state index contributed by atoms with van der Waals surface area (Å²) in [7, 11) is 0. The molecule has 0 fully saturated rings. The molecule has 1 heterocycles. The van der Waals surface area contributed by atoms with Crippen LogP contribution in [0, 0.1) is 6.92 Å². The van der Waals surface area contributed by atoms with Gasteiger partial charge in [0.15, 0.2) is 5.16 Å². The Kier molecular flexibility index (Phi) is 6.24. The molecule has 5 nitrogen and oxygen atoms in total. The zero-order chi connectivity index (χ0) is 23.6. The van der Waals surface area contributed by atoms with Crippen molar-refractivity contribution in [3.05, 3.63) is 94.3 Å². The van der Waals surface area contributed by atoms with Gasteiger partial charge in [-0.15, -0.1) is 0 Å². The number of nitrogens with one attached hydrogen (secondary N) is 1. The highest BCUT2D eigenvalue weighted by Crippen LogP contribution is 2.34. The van der Waals surface area contributed by atoms with E-state index in [2.05, 4.69) is 10.3 Å². The highest BCUT2D eigenvalue weighted by atomic mass is 32.2. The van der Waals surface area contributed by atoms with Crippen molar-refractivity contribution in [2.45, 2.75) is 18.3 Å². The number of aromatic nitrogens is 2. The van der Waals surface area contributed by atoms with Gasteiger partial charge in [0.2, 0.25) is 5.91 Å². The van der Waals surface area contributed by atoms with E-state index in [-0.39, 0.29) is 22.2 Å². The summed E-state index contributed by atoms with van der Waals surface area (Å²) in [5.41, 5.74) is 0.513. The molecular formula is C24H18F3N3O2S.